The van der Waals surface area contributed by atoms with Crippen molar-refractivity contribution in [1.82, 2.24) is 10.3 Å². The third kappa shape index (κ3) is 2.90. The molecule has 2 N–H and O–H groups in total. The van der Waals surface area contributed by atoms with E-state index >= 15 is 0 Å². The first-order valence-corrected chi connectivity index (χ1v) is 7.24. The molecule has 0 aliphatic heterocycles. The van der Waals surface area contributed by atoms with E-state index < -0.39 is 5.60 Å². The predicted molar refractivity (Wildman–Crippen MR) is 71.5 cm³/mol. The molecular weight excluding hydrogens is 248 g/mol. The normalized spacial score (nSPS) is 19.1. The smallest absolute Gasteiger partial charge is 0.251 e. The second kappa shape index (κ2) is 5.36. The number of rotatable bonds is 5. The van der Waals surface area contributed by atoms with Gasteiger partial charge in [0.05, 0.1) is 5.01 Å². The molecule has 0 saturated heterocycles. The molecule has 1 heterocycles. The fourth-order valence-corrected chi connectivity index (χ4v) is 2.92. The second-order valence-electron chi connectivity index (χ2n) is 5.15. The summed E-state index contributed by atoms with van der Waals surface area (Å²) < 4.78 is 0. The van der Waals surface area contributed by atoms with Gasteiger partial charge in [-0.25, -0.2) is 4.98 Å². The highest BCUT2D eigenvalue weighted by atomic mass is 32.1. The number of carbonyl (C=O) groups is 1. The minimum Gasteiger partial charge on any atom is -0.380 e. The summed E-state index contributed by atoms with van der Waals surface area (Å²) in [5.74, 6) is -0.125. The third-order valence-electron chi connectivity index (χ3n) is 3.65. The number of thiazole rings is 1. The van der Waals surface area contributed by atoms with E-state index in [1.165, 1.54) is 4.88 Å². The van der Waals surface area contributed by atoms with Gasteiger partial charge in [-0.05, 0) is 32.6 Å². The highest BCUT2D eigenvalue weighted by molar-refractivity contribution is 7.11. The van der Waals surface area contributed by atoms with E-state index in [1.54, 1.807) is 18.3 Å². The first-order chi connectivity index (χ1) is 8.50. The molecular formula is C13H20N2O2S. The lowest BCUT2D eigenvalue weighted by atomic mass is 9.73. The van der Waals surface area contributed by atoms with Crippen LogP contribution in [-0.2, 0) is 11.2 Å². The zero-order chi connectivity index (χ0) is 13.2. The van der Waals surface area contributed by atoms with Gasteiger partial charge >= 0.3 is 0 Å². The molecule has 4 nitrogen and oxygen atoms in total. The molecule has 0 radical (unpaired) electrons. The summed E-state index contributed by atoms with van der Waals surface area (Å²) in [6.45, 7) is 4.18. The standard InChI is InChI=1S/C13H20N2O2S/c1-9-8-15-11(18-9)6-7-14-12(16)13(2,17)10-4-3-5-10/h8,10,17H,3-7H2,1-2H3,(H,14,16)/t13-/m1/s1. The van der Waals surface area contributed by atoms with Crippen molar-refractivity contribution in [3.63, 3.8) is 0 Å². The van der Waals surface area contributed by atoms with Crippen LogP contribution in [0.1, 0.15) is 36.1 Å². The Kier molecular flexibility index (Phi) is 4.02. The van der Waals surface area contributed by atoms with Crippen LogP contribution in [0, 0.1) is 12.8 Å². The van der Waals surface area contributed by atoms with Crippen LogP contribution in [0.3, 0.4) is 0 Å². The summed E-state index contributed by atoms with van der Waals surface area (Å²) in [5, 5.41) is 14.0. The predicted octanol–water partition coefficient (Wildman–Crippen LogP) is 1.66. The Labute approximate surface area is 111 Å². The third-order valence-corrected chi connectivity index (χ3v) is 4.63. The summed E-state index contributed by atoms with van der Waals surface area (Å²) in [7, 11) is 0. The van der Waals surface area contributed by atoms with Crippen LogP contribution in [0.4, 0.5) is 0 Å². The van der Waals surface area contributed by atoms with Gasteiger partial charge in [-0.2, -0.15) is 0 Å². The molecule has 0 bridgehead atoms. The molecule has 1 amide bonds. The fourth-order valence-electron chi connectivity index (χ4n) is 2.13. The van der Waals surface area contributed by atoms with E-state index in [-0.39, 0.29) is 11.8 Å². The molecule has 5 heteroatoms. The average Bonchev–Trinajstić information content (AvgIpc) is 2.60. The maximum Gasteiger partial charge on any atom is 0.251 e. The molecule has 2 rings (SSSR count). The van der Waals surface area contributed by atoms with Crippen LogP contribution >= 0.6 is 11.3 Å². The maximum absolute atomic E-state index is 11.9. The number of aromatic nitrogens is 1. The molecule has 0 unspecified atom stereocenters. The molecule has 0 spiro atoms. The Balaban J connectivity index is 1.77. The lowest BCUT2D eigenvalue weighted by Gasteiger charge is -2.37. The quantitative estimate of drug-likeness (QED) is 0.853. The van der Waals surface area contributed by atoms with Gasteiger partial charge in [0.15, 0.2) is 0 Å². The van der Waals surface area contributed by atoms with E-state index in [4.69, 9.17) is 0 Å². The SMILES string of the molecule is Cc1cnc(CCNC(=O)[C@](C)(O)C2CCC2)s1. The number of nitrogens with zero attached hydrogens (tertiary/aromatic N) is 1. The van der Waals surface area contributed by atoms with E-state index in [0.29, 0.717) is 6.54 Å². The van der Waals surface area contributed by atoms with Gasteiger partial charge < -0.3 is 10.4 Å². The van der Waals surface area contributed by atoms with Crippen LogP contribution < -0.4 is 5.32 Å². The molecule has 1 fully saturated rings. The number of aliphatic hydroxyl groups is 1. The number of hydrogen-bond donors (Lipinski definition) is 2. The number of hydrogen-bond acceptors (Lipinski definition) is 4. The van der Waals surface area contributed by atoms with Crippen molar-refractivity contribution < 1.29 is 9.90 Å². The number of nitrogens with one attached hydrogen (secondary N) is 1. The van der Waals surface area contributed by atoms with Gasteiger partial charge in [0.25, 0.3) is 5.91 Å². The van der Waals surface area contributed by atoms with Crippen molar-refractivity contribution in [1.29, 1.82) is 0 Å². The summed E-state index contributed by atoms with van der Waals surface area (Å²) in [5.41, 5.74) is -1.21. The number of amides is 1. The molecule has 1 aromatic heterocycles. The first kappa shape index (κ1) is 13.5. The van der Waals surface area contributed by atoms with Crippen LogP contribution in [-0.4, -0.2) is 28.1 Å². The Morgan fingerprint density at radius 3 is 2.89 bits per heavy atom. The minimum absolute atomic E-state index is 0.125. The van der Waals surface area contributed by atoms with Crippen LogP contribution in [0.2, 0.25) is 0 Å². The second-order valence-corrected chi connectivity index (χ2v) is 6.47. The van der Waals surface area contributed by atoms with Gasteiger partial charge in [-0.1, -0.05) is 6.42 Å². The number of aryl methyl sites for hydroxylation is 1. The van der Waals surface area contributed by atoms with Crippen molar-refractivity contribution in [2.45, 2.75) is 45.1 Å². The van der Waals surface area contributed by atoms with Crippen molar-refractivity contribution in [3.05, 3.63) is 16.1 Å². The van der Waals surface area contributed by atoms with Gasteiger partial charge in [-0.3, -0.25) is 4.79 Å². The summed E-state index contributed by atoms with van der Waals surface area (Å²) in [6, 6.07) is 0. The van der Waals surface area contributed by atoms with E-state index in [2.05, 4.69) is 10.3 Å². The zero-order valence-electron chi connectivity index (χ0n) is 10.9. The summed E-state index contributed by atoms with van der Waals surface area (Å²) >= 11 is 1.64. The highest BCUT2D eigenvalue weighted by Gasteiger charge is 2.41. The van der Waals surface area contributed by atoms with Crippen LogP contribution in [0.15, 0.2) is 6.20 Å². The Hall–Kier alpha value is -0.940. The van der Waals surface area contributed by atoms with Gasteiger partial charge in [0.1, 0.15) is 5.60 Å². The molecule has 0 aromatic carbocycles. The lowest BCUT2D eigenvalue weighted by molar-refractivity contribution is -0.147. The van der Waals surface area contributed by atoms with Crippen molar-refractivity contribution in [2.75, 3.05) is 6.54 Å². The van der Waals surface area contributed by atoms with Crippen LogP contribution in [0.5, 0.6) is 0 Å². The van der Waals surface area contributed by atoms with Crippen molar-refractivity contribution in [2.24, 2.45) is 5.92 Å². The Morgan fingerprint density at radius 2 is 2.39 bits per heavy atom. The average molecular weight is 268 g/mol. The highest BCUT2D eigenvalue weighted by Crippen LogP contribution is 2.36. The molecule has 1 saturated carbocycles. The minimum atomic E-state index is -1.21. The first-order valence-electron chi connectivity index (χ1n) is 6.42. The molecule has 1 atom stereocenters. The topological polar surface area (TPSA) is 62.2 Å². The summed E-state index contributed by atoms with van der Waals surface area (Å²) in [6.07, 6.45) is 5.59. The Bertz CT molecular complexity index is 424. The monoisotopic (exact) mass is 268 g/mol. The molecule has 1 aliphatic rings. The van der Waals surface area contributed by atoms with Crippen LogP contribution in [0.25, 0.3) is 0 Å². The molecule has 100 valence electrons. The molecule has 18 heavy (non-hydrogen) atoms. The molecule has 1 aliphatic carbocycles. The van der Waals surface area contributed by atoms with E-state index in [0.717, 1.165) is 30.7 Å². The Morgan fingerprint density at radius 1 is 1.67 bits per heavy atom. The largest absolute Gasteiger partial charge is 0.380 e. The zero-order valence-corrected chi connectivity index (χ0v) is 11.7. The van der Waals surface area contributed by atoms with Gasteiger partial charge in [0, 0.05) is 24.0 Å². The fraction of sp³-hybridized carbons (Fsp3) is 0.692. The van der Waals surface area contributed by atoms with E-state index in [9.17, 15) is 9.90 Å². The van der Waals surface area contributed by atoms with E-state index in [1.807, 2.05) is 13.1 Å². The van der Waals surface area contributed by atoms with Crippen molar-refractivity contribution >= 4 is 17.2 Å². The summed E-state index contributed by atoms with van der Waals surface area (Å²) in [4.78, 5) is 17.3. The number of carbonyl (C=O) groups excluding carboxylic acids is 1. The lowest BCUT2D eigenvalue weighted by Crippen LogP contribution is -2.52. The van der Waals surface area contributed by atoms with Gasteiger partial charge in [-0.15, -0.1) is 11.3 Å². The molecule has 1 aromatic rings. The van der Waals surface area contributed by atoms with Gasteiger partial charge in [0.2, 0.25) is 0 Å². The maximum atomic E-state index is 11.9. The van der Waals surface area contributed by atoms with Crippen molar-refractivity contribution in [3.8, 4) is 0 Å².